The van der Waals surface area contributed by atoms with E-state index in [1.165, 1.54) is 6.07 Å². The number of urea groups is 1. The maximum atomic E-state index is 11.9. The second-order valence-electron chi connectivity index (χ2n) is 4.47. The number of carbonyl (C=O) groups is 2. The molecule has 0 fully saturated rings. The van der Waals surface area contributed by atoms with Gasteiger partial charge in [-0.25, -0.2) is 14.3 Å². The van der Waals surface area contributed by atoms with Crippen LogP contribution in [-0.4, -0.2) is 33.6 Å². The second kappa shape index (κ2) is 8.42. The standard InChI is InChI=1S/C13H20N2O6S/c1-3-5-8-14-13(17)15-22(18,19)11-7-6-10(21-11)12(16)20-9-4-2/h6-7H,3-5,8-9H2,1-2H3,(H2,14,15,17). The topological polar surface area (TPSA) is 115 Å². The van der Waals surface area contributed by atoms with Crippen molar-refractivity contribution in [1.29, 1.82) is 0 Å². The van der Waals surface area contributed by atoms with Crippen LogP contribution in [0.3, 0.4) is 0 Å². The van der Waals surface area contributed by atoms with E-state index in [1.807, 2.05) is 13.8 Å². The van der Waals surface area contributed by atoms with Gasteiger partial charge >= 0.3 is 12.0 Å². The van der Waals surface area contributed by atoms with Crippen LogP contribution in [0.15, 0.2) is 21.6 Å². The molecule has 2 N–H and O–H groups in total. The van der Waals surface area contributed by atoms with Crippen molar-refractivity contribution < 1.29 is 27.2 Å². The van der Waals surface area contributed by atoms with Crippen LogP contribution in [-0.2, 0) is 14.8 Å². The molecule has 0 saturated carbocycles. The third kappa shape index (κ3) is 5.40. The van der Waals surface area contributed by atoms with E-state index in [1.54, 1.807) is 4.72 Å². The molecule has 0 radical (unpaired) electrons. The quantitative estimate of drug-likeness (QED) is 0.552. The van der Waals surface area contributed by atoms with Crippen molar-refractivity contribution >= 4 is 22.0 Å². The number of sulfonamides is 1. The Kier molecular flexibility index (Phi) is 6.90. The maximum Gasteiger partial charge on any atom is 0.374 e. The first kappa shape index (κ1) is 18.0. The average molecular weight is 332 g/mol. The summed E-state index contributed by atoms with van der Waals surface area (Å²) in [5, 5.41) is 1.88. The summed E-state index contributed by atoms with van der Waals surface area (Å²) < 4.78 is 35.4. The van der Waals surface area contributed by atoms with E-state index in [9.17, 15) is 18.0 Å². The zero-order chi connectivity index (χ0) is 16.6. The third-order valence-electron chi connectivity index (χ3n) is 2.53. The Hall–Kier alpha value is -2.03. The SMILES string of the molecule is CCCCNC(=O)NS(=O)(=O)c1ccc(C(=O)OCCC)o1. The van der Waals surface area contributed by atoms with E-state index in [2.05, 4.69) is 5.32 Å². The molecule has 0 aliphatic rings. The molecule has 2 amide bonds. The largest absolute Gasteiger partial charge is 0.460 e. The van der Waals surface area contributed by atoms with Crippen molar-refractivity contribution in [3.8, 4) is 0 Å². The highest BCUT2D eigenvalue weighted by Gasteiger charge is 2.23. The number of unbranched alkanes of at least 4 members (excludes halogenated alkanes) is 1. The lowest BCUT2D eigenvalue weighted by molar-refractivity contribution is 0.0463. The molecule has 0 bridgehead atoms. The highest BCUT2D eigenvalue weighted by Crippen LogP contribution is 2.14. The highest BCUT2D eigenvalue weighted by molar-refractivity contribution is 7.89. The molecule has 0 unspecified atom stereocenters. The number of furan rings is 1. The summed E-state index contributed by atoms with van der Waals surface area (Å²) in [6, 6.07) is 1.42. The molecule has 0 aliphatic heterocycles. The molecule has 22 heavy (non-hydrogen) atoms. The molecule has 8 nitrogen and oxygen atoms in total. The van der Waals surface area contributed by atoms with Gasteiger partial charge in [-0.3, -0.25) is 0 Å². The van der Waals surface area contributed by atoms with E-state index < -0.39 is 27.1 Å². The zero-order valence-corrected chi connectivity index (χ0v) is 13.4. The molecule has 0 aliphatic carbocycles. The Balaban J connectivity index is 2.68. The summed E-state index contributed by atoms with van der Waals surface area (Å²) in [6.07, 6.45) is 2.24. The third-order valence-corrected chi connectivity index (χ3v) is 3.73. The van der Waals surface area contributed by atoms with Gasteiger partial charge in [0.1, 0.15) is 0 Å². The predicted octanol–water partition coefficient (Wildman–Crippen LogP) is 1.63. The van der Waals surface area contributed by atoms with Crippen LogP contribution in [0.1, 0.15) is 43.7 Å². The first-order valence-corrected chi connectivity index (χ1v) is 8.46. The molecule has 0 spiro atoms. The summed E-state index contributed by atoms with van der Waals surface area (Å²) in [7, 11) is -4.17. The van der Waals surface area contributed by atoms with Gasteiger partial charge in [-0.05, 0) is 25.0 Å². The minimum atomic E-state index is -4.17. The first-order chi connectivity index (χ1) is 10.4. The number of amides is 2. The van der Waals surface area contributed by atoms with Crippen LogP contribution in [0.5, 0.6) is 0 Å². The Morgan fingerprint density at radius 3 is 2.59 bits per heavy atom. The average Bonchev–Trinajstić information content (AvgIpc) is 2.95. The first-order valence-electron chi connectivity index (χ1n) is 6.98. The van der Waals surface area contributed by atoms with Gasteiger partial charge in [0.25, 0.3) is 10.0 Å². The lowest BCUT2D eigenvalue weighted by Gasteiger charge is -2.06. The summed E-state index contributed by atoms with van der Waals surface area (Å²) >= 11 is 0. The lowest BCUT2D eigenvalue weighted by atomic mass is 10.3. The van der Waals surface area contributed by atoms with Crippen molar-refractivity contribution in [3.05, 3.63) is 17.9 Å². The number of rotatable bonds is 8. The lowest BCUT2D eigenvalue weighted by Crippen LogP contribution is -2.39. The fourth-order valence-corrected chi connectivity index (χ4v) is 2.29. The molecule has 124 valence electrons. The van der Waals surface area contributed by atoms with Crippen molar-refractivity contribution in [3.63, 3.8) is 0 Å². The molecular weight excluding hydrogens is 312 g/mol. The predicted molar refractivity (Wildman–Crippen MR) is 77.9 cm³/mol. The summed E-state index contributed by atoms with van der Waals surface area (Å²) in [5.74, 6) is -0.990. The number of esters is 1. The van der Waals surface area contributed by atoms with Crippen molar-refractivity contribution in [1.82, 2.24) is 10.0 Å². The molecule has 9 heteroatoms. The Labute approximate surface area is 129 Å². The molecule has 1 aromatic heterocycles. The molecule has 0 saturated heterocycles. The maximum absolute atomic E-state index is 11.9. The minimum absolute atomic E-state index is 0.208. The van der Waals surface area contributed by atoms with Crippen LogP contribution in [0.4, 0.5) is 4.79 Å². The van der Waals surface area contributed by atoms with Gasteiger partial charge in [-0.1, -0.05) is 20.3 Å². The van der Waals surface area contributed by atoms with Gasteiger partial charge in [0.15, 0.2) is 0 Å². The summed E-state index contributed by atoms with van der Waals surface area (Å²) in [4.78, 5) is 23.0. The van der Waals surface area contributed by atoms with Crippen LogP contribution >= 0.6 is 0 Å². The minimum Gasteiger partial charge on any atom is -0.460 e. The van der Waals surface area contributed by atoms with Gasteiger partial charge in [0.05, 0.1) is 6.61 Å². The number of nitrogens with one attached hydrogen (secondary N) is 2. The van der Waals surface area contributed by atoms with Gasteiger partial charge in [-0.15, -0.1) is 0 Å². The smallest absolute Gasteiger partial charge is 0.374 e. The monoisotopic (exact) mass is 332 g/mol. The fraction of sp³-hybridized carbons (Fsp3) is 0.538. The van der Waals surface area contributed by atoms with E-state index in [0.29, 0.717) is 13.0 Å². The molecule has 1 heterocycles. The highest BCUT2D eigenvalue weighted by atomic mass is 32.2. The number of carbonyl (C=O) groups excluding carboxylic acids is 2. The summed E-state index contributed by atoms with van der Waals surface area (Å²) in [5.41, 5.74) is 0. The Bertz CT molecular complexity index is 608. The second-order valence-corrected chi connectivity index (χ2v) is 6.08. The van der Waals surface area contributed by atoms with Gasteiger partial charge in [-0.2, -0.15) is 8.42 Å². The zero-order valence-electron chi connectivity index (χ0n) is 12.5. The van der Waals surface area contributed by atoms with Crippen molar-refractivity contribution in [2.45, 2.75) is 38.2 Å². The van der Waals surface area contributed by atoms with Crippen LogP contribution < -0.4 is 10.0 Å². The summed E-state index contributed by atoms with van der Waals surface area (Å²) in [6.45, 7) is 4.34. The van der Waals surface area contributed by atoms with Crippen LogP contribution in [0.2, 0.25) is 0 Å². The Morgan fingerprint density at radius 2 is 1.95 bits per heavy atom. The van der Waals surface area contributed by atoms with E-state index in [0.717, 1.165) is 18.9 Å². The molecule has 1 aromatic rings. The Morgan fingerprint density at radius 1 is 1.23 bits per heavy atom. The van der Waals surface area contributed by atoms with E-state index in [4.69, 9.17) is 9.15 Å². The van der Waals surface area contributed by atoms with Gasteiger partial charge in [0, 0.05) is 6.54 Å². The molecular formula is C13H20N2O6S. The fourth-order valence-electron chi connectivity index (χ4n) is 1.43. The van der Waals surface area contributed by atoms with Gasteiger partial charge in [0.2, 0.25) is 10.9 Å². The van der Waals surface area contributed by atoms with E-state index >= 15 is 0 Å². The van der Waals surface area contributed by atoms with Crippen LogP contribution in [0.25, 0.3) is 0 Å². The van der Waals surface area contributed by atoms with Crippen molar-refractivity contribution in [2.24, 2.45) is 0 Å². The number of hydrogen-bond donors (Lipinski definition) is 2. The van der Waals surface area contributed by atoms with E-state index in [-0.39, 0.29) is 12.4 Å². The van der Waals surface area contributed by atoms with Crippen LogP contribution in [0, 0.1) is 0 Å². The molecule has 1 rings (SSSR count). The number of hydrogen-bond acceptors (Lipinski definition) is 6. The molecule has 0 aromatic carbocycles. The van der Waals surface area contributed by atoms with Gasteiger partial charge < -0.3 is 14.5 Å². The molecule has 0 atom stereocenters. The number of ether oxygens (including phenoxy) is 1. The normalized spacial score (nSPS) is 11.0. The van der Waals surface area contributed by atoms with Crippen molar-refractivity contribution in [2.75, 3.05) is 13.2 Å².